The molecular formula is C11H15N5O. The number of anilines is 1. The summed E-state index contributed by atoms with van der Waals surface area (Å²) in [4.78, 5) is 11.6. The van der Waals surface area contributed by atoms with E-state index in [-0.39, 0.29) is 11.9 Å². The van der Waals surface area contributed by atoms with Crippen LogP contribution in [-0.2, 0) is 11.8 Å². The topological polar surface area (TPSA) is 82.7 Å². The Labute approximate surface area is 99.6 Å². The number of carbonyl (C=O) groups excluding carboxylic acids is 1. The Balaban J connectivity index is 2.24. The number of nitriles is 1. The third kappa shape index (κ3) is 2.09. The molecule has 2 heterocycles. The summed E-state index contributed by atoms with van der Waals surface area (Å²) >= 11 is 0. The van der Waals surface area contributed by atoms with Crippen LogP contribution in [0.3, 0.4) is 0 Å². The lowest BCUT2D eigenvalue weighted by Gasteiger charge is -2.23. The van der Waals surface area contributed by atoms with Crippen molar-refractivity contribution in [2.45, 2.75) is 25.8 Å². The molecule has 1 atom stereocenters. The molecule has 1 aliphatic heterocycles. The summed E-state index contributed by atoms with van der Waals surface area (Å²) in [7, 11) is 1.76. The van der Waals surface area contributed by atoms with Crippen LogP contribution >= 0.6 is 0 Å². The molecular weight excluding hydrogens is 218 g/mol. The van der Waals surface area contributed by atoms with Gasteiger partial charge in [-0.25, -0.2) is 0 Å². The quantitative estimate of drug-likeness (QED) is 0.769. The average Bonchev–Trinajstić information content (AvgIpc) is 2.56. The predicted molar refractivity (Wildman–Crippen MR) is 62.3 cm³/mol. The van der Waals surface area contributed by atoms with Gasteiger partial charge in [0.25, 0.3) is 0 Å². The van der Waals surface area contributed by atoms with Crippen molar-refractivity contribution in [2.75, 3.05) is 11.9 Å². The van der Waals surface area contributed by atoms with E-state index in [1.165, 1.54) is 0 Å². The molecule has 2 N–H and O–H groups in total. The molecule has 2 rings (SSSR count). The lowest BCUT2D eigenvalue weighted by Crippen LogP contribution is -2.44. The van der Waals surface area contributed by atoms with Gasteiger partial charge in [0.1, 0.15) is 23.5 Å². The molecule has 0 aromatic carbocycles. The Morgan fingerprint density at radius 3 is 3.06 bits per heavy atom. The molecule has 0 bridgehead atoms. The van der Waals surface area contributed by atoms with Gasteiger partial charge in [0.2, 0.25) is 5.91 Å². The van der Waals surface area contributed by atoms with Crippen LogP contribution in [0.4, 0.5) is 5.82 Å². The molecule has 0 spiro atoms. The van der Waals surface area contributed by atoms with Gasteiger partial charge in [-0.3, -0.25) is 9.48 Å². The maximum Gasteiger partial charge on any atom is 0.242 e. The van der Waals surface area contributed by atoms with Crippen LogP contribution in [0.5, 0.6) is 0 Å². The van der Waals surface area contributed by atoms with E-state index in [1.807, 2.05) is 0 Å². The van der Waals surface area contributed by atoms with Crippen LogP contribution in [0.2, 0.25) is 0 Å². The minimum absolute atomic E-state index is 0.0148. The highest BCUT2D eigenvalue weighted by Gasteiger charge is 2.24. The van der Waals surface area contributed by atoms with Gasteiger partial charge in [0, 0.05) is 13.6 Å². The van der Waals surface area contributed by atoms with Crippen LogP contribution in [0, 0.1) is 18.3 Å². The first kappa shape index (κ1) is 11.5. The second-order valence-corrected chi connectivity index (χ2v) is 4.17. The largest absolute Gasteiger partial charge is 0.357 e. The summed E-state index contributed by atoms with van der Waals surface area (Å²) in [5.41, 5.74) is 1.18. The summed E-state index contributed by atoms with van der Waals surface area (Å²) in [5, 5.41) is 19.1. The molecule has 1 amide bonds. The van der Waals surface area contributed by atoms with Crippen molar-refractivity contribution in [2.24, 2.45) is 7.05 Å². The summed E-state index contributed by atoms with van der Waals surface area (Å²) in [6.45, 7) is 2.51. The van der Waals surface area contributed by atoms with Gasteiger partial charge in [0.15, 0.2) is 0 Å². The first-order valence-corrected chi connectivity index (χ1v) is 5.61. The van der Waals surface area contributed by atoms with Crippen molar-refractivity contribution in [1.82, 2.24) is 15.1 Å². The lowest BCUT2D eigenvalue weighted by molar-refractivity contribution is -0.123. The molecule has 0 saturated carbocycles. The van der Waals surface area contributed by atoms with Crippen molar-refractivity contribution in [1.29, 1.82) is 5.26 Å². The minimum atomic E-state index is -0.273. The van der Waals surface area contributed by atoms with Crippen molar-refractivity contribution >= 4 is 11.7 Å². The van der Waals surface area contributed by atoms with E-state index in [0.29, 0.717) is 17.1 Å². The molecule has 90 valence electrons. The normalized spacial score (nSPS) is 19.6. The van der Waals surface area contributed by atoms with Crippen molar-refractivity contribution in [3.63, 3.8) is 0 Å². The number of hydrogen-bond donors (Lipinski definition) is 2. The fourth-order valence-corrected chi connectivity index (χ4v) is 2.03. The molecule has 1 aliphatic rings. The molecule has 17 heavy (non-hydrogen) atoms. The number of hydrogen-bond acceptors (Lipinski definition) is 4. The lowest BCUT2D eigenvalue weighted by atomic mass is 10.1. The van der Waals surface area contributed by atoms with Gasteiger partial charge >= 0.3 is 0 Å². The first-order valence-electron chi connectivity index (χ1n) is 5.61. The Morgan fingerprint density at radius 2 is 2.41 bits per heavy atom. The van der Waals surface area contributed by atoms with Crippen LogP contribution < -0.4 is 10.6 Å². The molecule has 6 nitrogen and oxygen atoms in total. The number of nitrogens with one attached hydrogen (secondary N) is 2. The zero-order chi connectivity index (χ0) is 12.4. The van der Waals surface area contributed by atoms with E-state index in [4.69, 9.17) is 5.26 Å². The highest BCUT2D eigenvalue weighted by molar-refractivity contribution is 5.85. The van der Waals surface area contributed by atoms with Crippen LogP contribution in [0.25, 0.3) is 0 Å². The number of carbonyl (C=O) groups is 1. The average molecular weight is 233 g/mol. The number of aromatic nitrogens is 2. The number of aryl methyl sites for hydroxylation is 2. The second-order valence-electron chi connectivity index (χ2n) is 4.17. The Morgan fingerprint density at radius 1 is 1.65 bits per heavy atom. The molecule has 1 fully saturated rings. The SMILES string of the molecule is Cc1nn(C)c(NC2CCCNC2=O)c1C#N. The first-order chi connectivity index (χ1) is 8.13. The van der Waals surface area contributed by atoms with E-state index in [1.54, 1.807) is 18.7 Å². The van der Waals surface area contributed by atoms with Gasteiger partial charge in [-0.05, 0) is 19.8 Å². The number of piperidine rings is 1. The molecule has 1 aromatic heterocycles. The van der Waals surface area contributed by atoms with E-state index < -0.39 is 0 Å². The number of rotatable bonds is 2. The van der Waals surface area contributed by atoms with Gasteiger partial charge < -0.3 is 10.6 Å². The van der Waals surface area contributed by atoms with Gasteiger partial charge in [-0.2, -0.15) is 10.4 Å². The van der Waals surface area contributed by atoms with E-state index in [9.17, 15) is 4.79 Å². The summed E-state index contributed by atoms with van der Waals surface area (Å²) in [6, 6.07) is 1.84. The highest BCUT2D eigenvalue weighted by atomic mass is 16.2. The minimum Gasteiger partial charge on any atom is -0.357 e. The van der Waals surface area contributed by atoms with Crippen molar-refractivity contribution in [3.8, 4) is 6.07 Å². The second kappa shape index (κ2) is 4.45. The monoisotopic (exact) mass is 233 g/mol. The van der Waals surface area contributed by atoms with Crippen molar-refractivity contribution < 1.29 is 4.79 Å². The maximum atomic E-state index is 11.6. The third-order valence-electron chi connectivity index (χ3n) is 2.93. The fraction of sp³-hybridized carbons (Fsp3) is 0.545. The Kier molecular flexibility index (Phi) is 3.00. The Hall–Kier alpha value is -2.03. The van der Waals surface area contributed by atoms with E-state index in [0.717, 1.165) is 19.4 Å². The maximum absolute atomic E-state index is 11.6. The third-order valence-corrected chi connectivity index (χ3v) is 2.93. The summed E-state index contributed by atoms with van der Waals surface area (Å²) < 4.78 is 1.61. The molecule has 0 radical (unpaired) electrons. The van der Waals surface area contributed by atoms with Crippen molar-refractivity contribution in [3.05, 3.63) is 11.3 Å². The number of amides is 1. The fourth-order valence-electron chi connectivity index (χ4n) is 2.03. The van der Waals surface area contributed by atoms with Crippen LogP contribution in [0.1, 0.15) is 24.1 Å². The van der Waals surface area contributed by atoms with Crippen LogP contribution in [-0.4, -0.2) is 28.3 Å². The smallest absolute Gasteiger partial charge is 0.242 e. The molecule has 1 unspecified atom stereocenters. The van der Waals surface area contributed by atoms with Gasteiger partial charge in [-0.15, -0.1) is 0 Å². The molecule has 1 saturated heterocycles. The van der Waals surface area contributed by atoms with E-state index >= 15 is 0 Å². The number of nitrogens with zero attached hydrogens (tertiary/aromatic N) is 3. The summed E-state index contributed by atoms with van der Waals surface area (Å²) in [5.74, 6) is 0.603. The molecule has 1 aromatic rings. The zero-order valence-corrected chi connectivity index (χ0v) is 9.95. The van der Waals surface area contributed by atoms with E-state index in [2.05, 4.69) is 21.8 Å². The standard InChI is InChI=1S/C11H15N5O/c1-7-8(6-12)10(16(2)15-7)14-9-4-3-5-13-11(9)17/h9,14H,3-5H2,1-2H3,(H,13,17). The molecule has 0 aliphatic carbocycles. The predicted octanol–water partition coefficient (Wildman–Crippen LogP) is 0.291. The molecule has 6 heteroatoms. The van der Waals surface area contributed by atoms with Gasteiger partial charge in [-0.1, -0.05) is 0 Å². The Bertz CT molecular complexity index is 485. The highest BCUT2D eigenvalue weighted by Crippen LogP contribution is 2.20. The summed E-state index contributed by atoms with van der Waals surface area (Å²) in [6.07, 6.45) is 1.73. The van der Waals surface area contributed by atoms with Crippen LogP contribution in [0.15, 0.2) is 0 Å². The van der Waals surface area contributed by atoms with Gasteiger partial charge in [0.05, 0.1) is 5.69 Å². The zero-order valence-electron chi connectivity index (χ0n) is 9.95.